The summed E-state index contributed by atoms with van der Waals surface area (Å²) in [5.74, 6) is 0.000833. The first-order valence-corrected chi connectivity index (χ1v) is 4.14. The lowest BCUT2D eigenvalue weighted by Gasteiger charge is -1.89. The van der Waals surface area contributed by atoms with E-state index in [-0.39, 0.29) is 0 Å². The van der Waals surface area contributed by atoms with Crippen LogP contribution < -0.4 is 0 Å². The van der Waals surface area contributed by atoms with Gasteiger partial charge in [-0.1, -0.05) is 30.3 Å². The molecule has 0 saturated carbocycles. The summed E-state index contributed by atoms with van der Waals surface area (Å²) < 4.78 is 0. The van der Waals surface area contributed by atoms with E-state index in [1.807, 2.05) is 18.2 Å². The van der Waals surface area contributed by atoms with Crippen LogP contribution in [0.1, 0.15) is 12.5 Å². The van der Waals surface area contributed by atoms with Crippen LogP contribution in [0.5, 0.6) is 0 Å². The van der Waals surface area contributed by atoms with Crippen LogP contribution in [0.25, 0.3) is 0 Å². The van der Waals surface area contributed by atoms with Crippen molar-refractivity contribution in [2.24, 2.45) is 0 Å². The fourth-order valence-corrected chi connectivity index (χ4v) is 0.794. The predicted octanol–water partition coefficient (Wildman–Crippen LogP) is 2.21. The number of thiol groups is 1. The van der Waals surface area contributed by atoms with E-state index in [0.717, 1.165) is 12.7 Å². The fourth-order valence-electron chi connectivity index (χ4n) is 0.583. The minimum Gasteiger partial charge on any atom is -0.481 e. The predicted molar refractivity (Wildman–Crippen MR) is 52.4 cm³/mol. The number of carbonyl (C=O) groups is 1. The standard InChI is InChI=1S/C7H8S.C2H4O2/c8-6-7-4-2-1-3-5-7;1-2(3)4/h1-5,8H,6H2;1H3,(H,3,4). The Labute approximate surface area is 77.6 Å². The van der Waals surface area contributed by atoms with Crippen molar-refractivity contribution < 1.29 is 9.90 Å². The van der Waals surface area contributed by atoms with Gasteiger partial charge >= 0.3 is 0 Å². The lowest BCUT2D eigenvalue weighted by Crippen LogP contribution is -1.78. The lowest BCUT2D eigenvalue weighted by atomic mass is 10.2. The maximum atomic E-state index is 9.00. The van der Waals surface area contributed by atoms with Gasteiger partial charge in [-0.3, -0.25) is 4.79 Å². The van der Waals surface area contributed by atoms with E-state index in [1.165, 1.54) is 5.56 Å². The molecule has 0 aromatic heterocycles. The van der Waals surface area contributed by atoms with Gasteiger partial charge in [0, 0.05) is 12.7 Å². The molecule has 2 nitrogen and oxygen atoms in total. The topological polar surface area (TPSA) is 37.3 Å². The summed E-state index contributed by atoms with van der Waals surface area (Å²) in [4.78, 5) is 9.00. The van der Waals surface area contributed by atoms with E-state index in [2.05, 4.69) is 24.8 Å². The molecule has 0 aliphatic carbocycles. The third-order valence-corrected chi connectivity index (χ3v) is 1.39. The van der Waals surface area contributed by atoms with Gasteiger partial charge in [0.2, 0.25) is 0 Å². The van der Waals surface area contributed by atoms with Crippen molar-refractivity contribution in [2.75, 3.05) is 0 Å². The lowest BCUT2D eigenvalue weighted by molar-refractivity contribution is -0.134. The Morgan fingerprint density at radius 2 is 1.83 bits per heavy atom. The average molecular weight is 184 g/mol. The second-order valence-corrected chi connectivity index (χ2v) is 2.48. The first-order chi connectivity index (χ1) is 5.66. The first kappa shape index (κ1) is 11.0. The fraction of sp³-hybridized carbons (Fsp3) is 0.222. The molecule has 1 N–H and O–H groups in total. The molecule has 0 aliphatic heterocycles. The molecule has 12 heavy (non-hydrogen) atoms. The number of benzene rings is 1. The highest BCUT2D eigenvalue weighted by atomic mass is 32.1. The third-order valence-electron chi connectivity index (χ3n) is 1.03. The molecular weight excluding hydrogens is 172 g/mol. The molecule has 0 atom stereocenters. The van der Waals surface area contributed by atoms with Crippen molar-refractivity contribution in [3.05, 3.63) is 35.9 Å². The van der Waals surface area contributed by atoms with Crippen molar-refractivity contribution in [1.29, 1.82) is 0 Å². The molecule has 1 aromatic carbocycles. The van der Waals surface area contributed by atoms with Crippen LogP contribution in [-0.4, -0.2) is 11.1 Å². The van der Waals surface area contributed by atoms with E-state index in [4.69, 9.17) is 9.90 Å². The highest BCUT2D eigenvalue weighted by Crippen LogP contribution is 2.00. The number of rotatable bonds is 1. The zero-order valence-electron chi connectivity index (χ0n) is 6.90. The molecule has 0 amide bonds. The largest absolute Gasteiger partial charge is 0.481 e. The molecule has 0 bridgehead atoms. The third kappa shape index (κ3) is 7.15. The van der Waals surface area contributed by atoms with Crippen molar-refractivity contribution in [3.63, 3.8) is 0 Å². The second-order valence-electron chi connectivity index (χ2n) is 2.16. The maximum Gasteiger partial charge on any atom is 0.300 e. The quantitative estimate of drug-likeness (QED) is 0.657. The van der Waals surface area contributed by atoms with Gasteiger partial charge in [-0.2, -0.15) is 12.6 Å². The SMILES string of the molecule is CC(=O)O.SCc1ccccc1. The Morgan fingerprint density at radius 3 is 2.08 bits per heavy atom. The normalized spacial score (nSPS) is 8.17. The van der Waals surface area contributed by atoms with Crippen molar-refractivity contribution in [1.82, 2.24) is 0 Å². The zero-order valence-corrected chi connectivity index (χ0v) is 7.79. The van der Waals surface area contributed by atoms with Crippen LogP contribution in [0, 0.1) is 0 Å². The Balaban J connectivity index is 0.000000261. The van der Waals surface area contributed by atoms with Crippen LogP contribution in [0.4, 0.5) is 0 Å². The summed E-state index contributed by atoms with van der Waals surface area (Å²) in [5.41, 5.74) is 1.27. The van der Waals surface area contributed by atoms with Crippen molar-refractivity contribution >= 4 is 18.6 Å². The number of carboxylic acids is 1. The van der Waals surface area contributed by atoms with Crippen LogP contribution in [0.2, 0.25) is 0 Å². The summed E-state index contributed by atoms with van der Waals surface area (Å²) in [6, 6.07) is 10.2. The van der Waals surface area contributed by atoms with Gasteiger partial charge in [-0.15, -0.1) is 0 Å². The van der Waals surface area contributed by atoms with E-state index >= 15 is 0 Å². The summed E-state index contributed by atoms with van der Waals surface area (Å²) >= 11 is 4.11. The Kier molecular flexibility index (Phi) is 6.19. The van der Waals surface area contributed by atoms with Crippen molar-refractivity contribution in [3.8, 4) is 0 Å². The Hall–Kier alpha value is -0.960. The van der Waals surface area contributed by atoms with Gasteiger partial charge in [0.15, 0.2) is 0 Å². The number of carboxylic acid groups (broad SMARTS) is 1. The van der Waals surface area contributed by atoms with Gasteiger partial charge in [-0.05, 0) is 5.56 Å². The molecule has 0 aliphatic rings. The molecule has 3 heteroatoms. The number of aliphatic carboxylic acids is 1. The average Bonchev–Trinajstić information content (AvgIpc) is 2.05. The molecule has 0 spiro atoms. The van der Waals surface area contributed by atoms with E-state index in [0.29, 0.717) is 0 Å². The summed E-state index contributed by atoms with van der Waals surface area (Å²) in [6.07, 6.45) is 0. The van der Waals surface area contributed by atoms with Gasteiger partial charge in [-0.25, -0.2) is 0 Å². The molecule has 0 radical (unpaired) electrons. The Bertz CT molecular complexity index is 217. The van der Waals surface area contributed by atoms with E-state index in [9.17, 15) is 0 Å². The number of hydrogen-bond acceptors (Lipinski definition) is 2. The summed E-state index contributed by atoms with van der Waals surface area (Å²) in [6.45, 7) is 1.08. The minimum atomic E-state index is -0.833. The molecular formula is C9H12O2S. The molecule has 1 rings (SSSR count). The smallest absolute Gasteiger partial charge is 0.300 e. The minimum absolute atomic E-state index is 0.833. The van der Waals surface area contributed by atoms with Crippen LogP contribution in [-0.2, 0) is 10.5 Å². The monoisotopic (exact) mass is 184 g/mol. The van der Waals surface area contributed by atoms with Crippen molar-refractivity contribution in [2.45, 2.75) is 12.7 Å². The van der Waals surface area contributed by atoms with Crippen LogP contribution >= 0.6 is 12.6 Å². The molecule has 0 unspecified atom stereocenters. The maximum absolute atomic E-state index is 9.00. The van der Waals surface area contributed by atoms with Gasteiger partial charge < -0.3 is 5.11 Å². The zero-order chi connectivity index (χ0) is 9.40. The van der Waals surface area contributed by atoms with E-state index in [1.54, 1.807) is 0 Å². The van der Waals surface area contributed by atoms with Crippen LogP contribution in [0.3, 0.4) is 0 Å². The molecule has 0 saturated heterocycles. The number of hydrogen-bond donors (Lipinski definition) is 2. The first-order valence-electron chi connectivity index (χ1n) is 3.51. The van der Waals surface area contributed by atoms with Gasteiger partial charge in [0.05, 0.1) is 0 Å². The summed E-state index contributed by atoms with van der Waals surface area (Å²) in [5, 5.41) is 7.42. The highest BCUT2D eigenvalue weighted by Gasteiger charge is 1.80. The highest BCUT2D eigenvalue weighted by molar-refractivity contribution is 7.79. The van der Waals surface area contributed by atoms with Crippen LogP contribution in [0.15, 0.2) is 30.3 Å². The molecule has 66 valence electrons. The molecule has 0 heterocycles. The second kappa shape index (κ2) is 6.73. The Morgan fingerprint density at radius 1 is 1.42 bits per heavy atom. The van der Waals surface area contributed by atoms with E-state index < -0.39 is 5.97 Å². The molecule has 1 aromatic rings. The van der Waals surface area contributed by atoms with Gasteiger partial charge in [0.1, 0.15) is 0 Å². The summed E-state index contributed by atoms with van der Waals surface area (Å²) in [7, 11) is 0. The van der Waals surface area contributed by atoms with Gasteiger partial charge in [0.25, 0.3) is 5.97 Å². The molecule has 0 fully saturated rings.